The third-order valence-corrected chi connectivity index (χ3v) is 3.36. The van der Waals surface area contributed by atoms with Crippen LogP contribution in [0.1, 0.15) is 34.6 Å². The van der Waals surface area contributed by atoms with Crippen LogP contribution >= 0.6 is 0 Å². The molecule has 5 nitrogen and oxygen atoms in total. The maximum atomic E-state index is 11.7. The van der Waals surface area contributed by atoms with Crippen LogP contribution < -0.4 is 10.6 Å². The predicted octanol–water partition coefficient (Wildman–Crippen LogP) is 0.600. The van der Waals surface area contributed by atoms with Gasteiger partial charge in [-0.25, -0.2) is 0 Å². The van der Waals surface area contributed by atoms with E-state index in [9.17, 15) is 9.59 Å². The van der Waals surface area contributed by atoms with E-state index in [1.807, 2.05) is 0 Å². The van der Waals surface area contributed by atoms with Gasteiger partial charge in [0.05, 0.1) is 17.0 Å². The average Bonchev–Trinajstić information content (AvgIpc) is 2.15. The Bertz CT molecular complexity index is 285. The monoisotopic (exact) mass is 230 g/mol. The molecule has 0 fully saturated rings. The van der Waals surface area contributed by atoms with E-state index in [-0.39, 0.29) is 11.9 Å². The zero-order valence-corrected chi connectivity index (χ0v) is 10.8. The second-order valence-electron chi connectivity index (χ2n) is 5.05. The summed E-state index contributed by atoms with van der Waals surface area (Å²) in [5.41, 5.74) is -1.85. The number of rotatable bonds is 5. The van der Waals surface area contributed by atoms with Gasteiger partial charge in [0.15, 0.2) is 0 Å². The SMILES string of the molecule is CNC(C)C(=O)NC(C)(C)C(C)(C)C(=O)O. The number of hydrogen-bond donors (Lipinski definition) is 3. The first kappa shape index (κ1) is 14.9. The molecular weight excluding hydrogens is 208 g/mol. The van der Waals surface area contributed by atoms with Crippen molar-refractivity contribution in [3.8, 4) is 0 Å². The molecule has 0 aliphatic heterocycles. The topological polar surface area (TPSA) is 78.4 Å². The molecule has 16 heavy (non-hydrogen) atoms. The molecule has 0 bridgehead atoms. The van der Waals surface area contributed by atoms with Crippen molar-refractivity contribution in [3.63, 3.8) is 0 Å². The normalized spacial score (nSPS) is 14.4. The van der Waals surface area contributed by atoms with Gasteiger partial charge in [-0.05, 0) is 41.7 Å². The van der Waals surface area contributed by atoms with Crippen LogP contribution in [0.25, 0.3) is 0 Å². The first-order valence-corrected chi connectivity index (χ1v) is 5.29. The highest BCUT2D eigenvalue weighted by Crippen LogP contribution is 2.30. The highest BCUT2D eigenvalue weighted by molar-refractivity contribution is 5.84. The molecule has 0 spiro atoms. The number of carboxylic acids is 1. The van der Waals surface area contributed by atoms with Gasteiger partial charge in [0, 0.05) is 0 Å². The summed E-state index contributed by atoms with van der Waals surface area (Å²) >= 11 is 0. The second-order valence-corrected chi connectivity index (χ2v) is 5.05. The lowest BCUT2D eigenvalue weighted by atomic mass is 9.74. The fourth-order valence-electron chi connectivity index (χ4n) is 0.971. The molecule has 94 valence electrons. The minimum atomic E-state index is -1.03. The molecule has 0 radical (unpaired) electrons. The number of nitrogens with one attached hydrogen (secondary N) is 2. The molecule has 5 heteroatoms. The minimum Gasteiger partial charge on any atom is -0.481 e. The Hall–Kier alpha value is -1.10. The molecule has 1 unspecified atom stereocenters. The van der Waals surface area contributed by atoms with Crippen molar-refractivity contribution in [1.82, 2.24) is 10.6 Å². The van der Waals surface area contributed by atoms with Crippen LogP contribution in [0.3, 0.4) is 0 Å². The van der Waals surface area contributed by atoms with Gasteiger partial charge in [-0.2, -0.15) is 0 Å². The Kier molecular flexibility index (Phi) is 4.49. The van der Waals surface area contributed by atoms with Crippen molar-refractivity contribution in [3.05, 3.63) is 0 Å². The van der Waals surface area contributed by atoms with E-state index in [4.69, 9.17) is 5.11 Å². The summed E-state index contributed by atoms with van der Waals surface area (Å²) in [5.74, 6) is -1.14. The molecule has 0 aliphatic carbocycles. The number of amides is 1. The quantitative estimate of drug-likeness (QED) is 0.646. The van der Waals surface area contributed by atoms with Crippen molar-refractivity contribution in [2.24, 2.45) is 5.41 Å². The number of hydrogen-bond acceptors (Lipinski definition) is 3. The van der Waals surface area contributed by atoms with Gasteiger partial charge in [0.2, 0.25) is 5.91 Å². The summed E-state index contributed by atoms with van der Waals surface area (Å²) in [5, 5.41) is 14.7. The maximum absolute atomic E-state index is 11.7. The van der Waals surface area contributed by atoms with Gasteiger partial charge in [-0.3, -0.25) is 9.59 Å². The molecule has 3 N–H and O–H groups in total. The molecule has 0 saturated heterocycles. The molecule has 0 aromatic carbocycles. The Morgan fingerprint density at radius 3 is 1.94 bits per heavy atom. The number of carbonyl (C=O) groups is 2. The van der Waals surface area contributed by atoms with E-state index in [1.165, 1.54) is 0 Å². The molecule has 0 saturated carbocycles. The lowest BCUT2D eigenvalue weighted by Crippen LogP contribution is -2.59. The molecule has 1 amide bonds. The number of likely N-dealkylation sites (N-methyl/N-ethyl adjacent to an activating group) is 1. The van der Waals surface area contributed by atoms with Crippen molar-refractivity contribution >= 4 is 11.9 Å². The summed E-state index contributed by atoms with van der Waals surface area (Å²) in [6.07, 6.45) is 0. The standard InChI is InChI=1S/C11H22N2O3/c1-7(12-6)8(14)13-11(4,5)10(2,3)9(15)16/h7,12H,1-6H3,(H,13,14)(H,15,16). The van der Waals surface area contributed by atoms with Gasteiger partial charge in [0.1, 0.15) is 0 Å². The third kappa shape index (κ3) is 2.95. The Labute approximate surface area is 96.6 Å². The number of carbonyl (C=O) groups excluding carboxylic acids is 1. The smallest absolute Gasteiger partial charge is 0.311 e. The lowest BCUT2D eigenvalue weighted by Gasteiger charge is -2.39. The highest BCUT2D eigenvalue weighted by atomic mass is 16.4. The van der Waals surface area contributed by atoms with Crippen molar-refractivity contribution in [2.45, 2.75) is 46.2 Å². The lowest BCUT2D eigenvalue weighted by molar-refractivity contribution is -0.151. The van der Waals surface area contributed by atoms with Crippen LogP contribution in [0.4, 0.5) is 0 Å². The number of aliphatic carboxylic acids is 1. The first-order valence-electron chi connectivity index (χ1n) is 5.29. The Morgan fingerprint density at radius 1 is 1.19 bits per heavy atom. The van der Waals surface area contributed by atoms with Crippen molar-refractivity contribution in [2.75, 3.05) is 7.05 Å². The van der Waals surface area contributed by atoms with Crippen LogP contribution in [-0.2, 0) is 9.59 Å². The van der Waals surface area contributed by atoms with Crippen LogP contribution in [0.5, 0.6) is 0 Å². The van der Waals surface area contributed by atoms with E-state index in [2.05, 4.69) is 10.6 Å². The van der Waals surface area contributed by atoms with E-state index >= 15 is 0 Å². The van der Waals surface area contributed by atoms with Gasteiger partial charge in [-0.15, -0.1) is 0 Å². The molecule has 0 heterocycles. The largest absolute Gasteiger partial charge is 0.481 e. The molecule has 0 aliphatic rings. The molecule has 0 rings (SSSR count). The predicted molar refractivity (Wildman–Crippen MR) is 62.2 cm³/mol. The van der Waals surface area contributed by atoms with Gasteiger partial charge < -0.3 is 15.7 Å². The van der Waals surface area contributed by atoms with Crippen LogP contribution in [0, 0.1) is 5.41 Å². The van der Waals surface area contributed by atoms with E-state index in [0.717, 1.165) is 0 Å². The molecule has 0 aromatic rings. The third-order valence-electron chi connectivity index (χ3n) is 3.36. The van der Waals surface area contributed by atoms with Gasteiger partial charge >= 0.3 is 5.97 Å². The zero-order chi connectivity index (χ0) is 13.1. The van der Waals surface area contributed by atoms with Crippen LogP contribution in [-0.4, -0.2) is 35.6 Å². The van der Waals surface area contributed by atoms with Crippen LogP contribution in [0.2, 0.25) is 0 Å². The first-order chi connectivity index (χ1) is 7.06. The molecule has 0 aromatic heterocycles. The summed E-state index contributed by atoms with van der Waals surface area (Å²) in [7, 11) is 1.68. The summed E-state index contributed by atoms with van der Waals surface area (Å²) < 4.78 is 0. The fraction of sp³-hybridized carbons (Fsp3) is 0.818. The van der Waals surface area contributed by atoms with Crippen molar-refractivity contribution < 1.29 is 14.7 Å². The second kappa shape index (κ2) is 4.82. The van der Waals surface area contributed by atoms with E-state index in [1.54, 1.807) is 41.7 Å². The summed E-state index contributed by atoms with van der Waals surface area (Å²) in [6.45, 7) is 8.33. The fourth-order valence-corrected chi connectivity index (χ4v) is 0.971. The van der Waals surface area contributed by atoms with E-state index < -0.39 is 16.9 Å². The molecular formula is C11H22N2O3. The Balaban J connectivity index is 4.82. The summed E-state index contributed by atoms with van der Waals surface area (Å²) in [4.78, 5) is 22.8. The zero-order valence-electron chi connectivity index (χ0n) is 10.8. The van der Waals surface area contributed by atoms with E-state index in [0.29, 0.717) is 0 Å². The van der Waals surface area contributed by atoms with Crippen LogP contribution in [0.15, 0.2) is 0 Å². The minimum absolute atomic E-state index is 0.207. The van der Waals surface area contributed by atoms with Gasteiger partial charge in [-0.1, -0.05) is 0 Å². The van der Waals surface area contributed by atoms with Gasteiger partial charge in [0.25, 0.3) is 0 Å². The van der Waals surface area contributed by atoms with Crippen molar-refractivity contribution in [1.29, 1.82) is 0 Å². The number of carboxylic acid groups (broad SMARTS) is 1. The molecule has 1 atom stereocenters. The highest BCUT2D eigenvalue weighted by Gasteiger charge is 2.44. The maximum Gasteiger partial charge on any atom is 0.311 e. The average molecular weight is 230 g/mol. The Morgan fingerprint density at radius 2 is 1.62 bits per heavy atom. The summed E-state index contributed by atoms with van der Waals surface area (Å²) in [6, 6.07) is -0.344.